The van der Waals surface area contributed by atoms with E-state index in [-0.39, 0.29) is 11.8 Å². The van der Waals surface area contributed by atoms with E-state index in [9.17, 15) is 4.79 Å². The van der Waals surface area contributed by atoms with E-state index in [4.69, 9.17) is 0 Å². The van der Waals surface area contributed by atoms with Gasteiger partial charge in [0, 0.05) is 12.5 Å². The molecular weight excluding hydrogens is 252 g/mol. The highest BCUT2D eigenvalue weighted by atomic mass is 16.1. The Hall–Kier alpha value is -1.65. The fourth-order valence-electron chi connectivity index (χ4n) is 2.39. The van der Waals surface area contributed by atoms with Crippen molar-refractivity contribution in [1.29, 1.82) is 0 Å². The molecule has 0 unspecified atom stereocenters. The summed E-state index contributed by atoms with van der Waals surface area (Å²) in [6.45, 7) is 5.24. The normalized spacial score (nSPS) is 15.6. The van der Waals surface area contributed by atoms with Crippen LogP contribution < -0.4 is 10.6 Å². The summed E-state index contributed by atoms with van der Waals surface area (Å²) in [5, 5.41) is 6.07. The third-order valence-electron chi connectivity index (χ3n) is 3.65. The summed E-state index contributed by atoms with van der Waals surface area (Å²) in [5.74, 6) is 1.54. The first kappa shape index (κ1) is 14.8. The van der Waals surface area contributed by atoms with Gasteiger partial charge in [-0.3, -0.25) is 4.79 Å². The van der Waals surface area contributed by atoms with E-state index in [1.54, 1.807) is 12.4 Å². The van der Waals surface area contributed by atoms with Gasteiger partial charge in [-0.15, -0.1) is 0 Å². The Kier molecular flexibility index (Phi) is 5.32. The number of hydrogen-bond donors (Lipinski definition) is 2. The number of hydrogen-bond acceptors (Lipinski definition) is 4. The van der Waals surface area contributed by atoms with Crippen LogP contribution in [0, 0.1) is 11.8 Å². The number of aromatic nitrogens is 2. The Morgan fingerprint density at radius 3 is 2.55 bits per heavy atom. The molecule has 0 atom stereocenters. The van der Waals surface area contributed by atoms with Gasteiger partial charge < -0.3 is 10.6 Å². The molecule has 1 aromatic rings. The van der Waals surface area contributed by atoms with Crippen LogP contribution in [0.25, 0.3) is 0 Å². The summed E-state index contributed by atoms with van der Waals surface area (Å²) in [5.41, 5.74) is 0.677. The molecule has 110 valence electrons. The van der Waals surface area contributed by atoms with E-state index in [0.717, 1.165) is 38.6 Å². The molecule has 0 bridgehead atoms. The van der Waals surface area contributed by atoms with Gasteiger partial charge in [0.2, 0.25) is 11.9 Å². The lowest BCUT2D eigenvalue weighted by Crippen LogP contribution is -2.20. The Morgan fingerprint density at radius 1 is 1.30 bits per heavy atom. The van der Waals surface area contributed by atoms with Gasteiger partial charge in [-0.25, -0.2) is 9.97 Å². The van der Waals surface area contributed by atoms with E-state index in [2.05, 4.69) is 34.4 Å². The molecule has 0 saturated heterocycles. The lowest BCUT2D eigenvalue weighted by Gasteiger charge is -2.10. The van der Waals surface area contributed by atoms with Gasteiger partial charge in [0.05, 0.1) is 18.1 Å². The summed E-state index contributed by atoms with van der Waals surface area (Å²) < 4.78 is 0. The first-order chi connectivity index (χ1) is 9.65. The second-order valence-electron chi connectivity index (χ2n) is 5.88. The van der Waals surface area contributed by atoms with E-state index >= 15 is 0 Å². The average molecular weight is 276 g/mol. The average Bonchev–Trinajstić information content (AvgIpc) is 2.94. The lowest BCUT2D eigenvalue weighted by atomic mass is 10.1. The van der Waals surface area contributed by atoms with E-state index in [1.165, 1.54) is 0 Å². The molecule has 1 aliphatic carbocycles. The lowest BCUT2D eigenvalue weighted by molar-refractivity contribution is -0.119. The fourth-order valence-corrected chi connectivity index (χ4v) is 2.39. The number of rotatable bonds is 6. The van der Waals surface area contributed by atoms with E-state index in [0.29, 0.717) is 17.6 Å². The van der Waals surface area contributed by atoms with Crippen molar-refractivity contribution in [3.05, 3.63) is 12.4 Å². The largest absolute Gasteiger partial charge is 0.354 e. The molecular formula is C15H24N4O. The molecule has 1 fully saturated rings. The van der Waals surface area contributed by atoms with Gasteiger partial charge in [0.1, 0.15) is 0 Å². The number of nitrogens with one attached hydrogen (secondary N) is 2. The molecule has 5 nitrogen and oxygen atoms in total. The molecule has 2 rings (SSSR count). The van der Waals surface area contributed by atoms with Crippen molar-refractivity contribution in [3.63, 3.8) is 0 Å². The van der Waals surface area contributed by atoms with Gasteiger partial charge in [-0.05, 0) is 25.2 Å². The summed E-state index contributed by atoms with van der Waals surface area (Å²) in [6, 6.07) is 0. The minimum Gasteiger partial charge on any atom is -0.354 e. The highest BCUT2D eigenvalue weighted by molar-refractivity contribution is 5.92. The zero-order chi connectivity index (χ0) is 14.4. The van der Waals surface area contributed by atoms with Crippen molar-refractivity contribution in [2.45, 2.75) is 46.0 Å². The van der Waals surface area contributed by atoms with Crippen LogP contribution >= 0.6 is 0 Å². The second-order valence-corrected chi connectivity index (χ2v) is 5.88. The van der Waals surface area contributed by atoms with Crippen LogP contribution in [0.1, 0.15) is 46.0 Å². The quantitative estimate of drug-likeness (QED) is 0.838. The van der Waals surface area contributed by atoms with Crippen molar-refractivity contribution in [3.8, 4) is 0 Å². The molecule has 0 aliphatic heterocycles. The molecule has 20 heavy (non-hydrogen) atoms. The van der Waals surface area contributed by atoms with E-state index < -0.39 is 0 Å². The van der Waals surface area contributed by atoms with Gasteiger partial charge in [0.15, 0.2) is 0 Å². The topological polar surface area (TPSA) is 66.9 Å². The van der Waals surface area contributed by atoms with Crippen LogP contribution in [0.3, 0.4) is 0 Å². The monoisotopic (exact) mass is 276 g/mol. The third-order valence-corrected chi connectivity index (χ3v) is 3.65. The van der Waals surface area contributed by atoms with Crippen molar-refractivity contribution >= 4 is 17.5 Å². The van der Waals surface area contributed by atoms with Crippen LogP contribution in [-0.4, -0.2) is 22.4 Å². The zero-order valence-corrected chi connectivity index (χ0v) is 12.4. The molecule has 1 amide bonds. The summed E-state index contributed by atoms with van der Waals surface area (Å²) in [6.07, 6.45) is 8.74. The SMILES string of the molecule is CC(C)CCNc1ncc(NC(=O)C2CCCC2)cn1. The highest BCUT2D eigenvalue weighted by Gasteiger charge is 2.22. The van der Waals surface area contributed by atoms with Crippen molar-refractivity contribution in [2.75, 3.05) is 17.2 Å². The van der Waals surface area contributed by atoms with Gasteiger partial charge in [-0.1, -0.05) is 26.7 Å². The summed E-state index contributed by atoms with van der Waals surface area (Å²) in [7, 11) is 0. The smallest absolute Gasteiger partial charge is 0.227 e. The molecule has 1 aromatic heterocycles. The number of carbonyl (C=O) groups excluding carboxylic acids is 1. The number of anilines is 2. The zero-order valence-electron chi connectivity index (χ0n) is 12.4. The summed E-state index contributed by atoms with van der Waals surface area (Å²) in [4.78, 5) is 20.4. The predicted molar refractivity (Wildman–Crippen MR) is 80.6 cm³/mol. The van der Waals surface area contributed by atoms with Crippen LogP contribution in [-0.2, 0) is 4.79 Å². The second kappa shape index (κ2) is 7.22. The molecule has 1 saturated carbocycles. The van der Waals surface area contributed by atoms with Crippen molar-refractivity contribution in [2.24, 2.45) is 11.8 Å². The Bertz CT molecular complexity index is 424. The maximum atomic E-state index is 12.0. The molecule has 2 N–H and O–H groups in total. The highest BCUT2D eigenvalue weighted by Crippen LogP contribution is 2.25. The van der Waals surface area contributed by atoms with Crippen LogP contribution in [0.4, 0.5) is 11.6 Å². The fraction of sp³-hybridized carbons (Fsp3) is 0.667. The Balaban J connectivity index is 1.80. The molecule has 1 aliphatic rings. The number of carbonyl (C=O) groups is 1. The maximum Gasteiger partial charge on any atom is 0.227 e. The Morgan fingerprint density at radius 2 is 1.95 bits per heavy atom. The molecule has 1 heterocycles. The molecule has 0 spiro atoms. The first-order valence-corrected chi connectivity index (χ1v) is 7.52. The minimum absolute atomic E-state index is 0.103. The van der Waals surface area contributed by atoms with Crippen molar-refractivity contribution in [1.82, 2.24) is 9.97 Å². The Labute approximate surface area is 120 Å². The van der Waals surface area contributed by atoms with Gasteiger partial charge >= 0.3 is 0 Å². The molecule has 0 aromatic carbocycles. The minimum atomic E-state index is 0.103. The van der Waals surface area contributed by atoms with Gasteiger partial charge in [-0.2, -0.15) is 0 Å². The third kappa shape index (κ3) is 4.47. The molecule has 0 radical (unpaired) electrons. The van der Waals surface area contributed by atoms with Gasteiger partial charge in [0.25, 0.3) is 0 Å². The van der Waals surface area contributed by atoms with Crippen molar-refractivity contribution < 1.29 is 4.79 Å². The standard InChI is InChI=1S/C15H24N4O/c1-11(2)7-8-16-15-17-9-13(10-18-15)19-14(20)12-5-3-4-6-12/h9-12H,3-8H2,1-2H3,(H,19,20)(H,16,17,18). The van der Waals surface area contributed by atoms with Crippen LogP contribution in [0.2, 0.25) is 0 Å². The van der Waals surface area contributed by atoms with Crippen LogP contribution in [0.15, 0.2) is 12.4 Å². The summed E-state index contributed by atoms with van der Waals surface area (Å²) >= 11 is 0. The predicted octanol–water partition coefficient (Wildman–Crippen LogP) is 3.06. The number of amides is 1. The maximum absolute atomic E-state index is 12.0. The molecule has 5 heteroatoms. The number of nitrogens with zero attached hydrogens (tertiary/aromatic N) is 2. The first-order valence-electron chi connectivity index (χ1n) is 7.52. The van der Waals surface area contributed by atoms with E-state index in [1.807, 2.05) is 0 Å². The van der Waals surface area contributed by atoms with Crippen LogP contribution in [0.5, 0.6) is 0 Å².